The van der Waals surface area contributed by atoms with Gasteiger partial charge in [0.05, 0.1) is 7.11 Å². The number of rotatable bonds is 6. The van der Waals surface area contributed by atoms with E-state index in [0.717, 1.165) is 16.8 Å². The van der Waals surface area contributed by atoms with E-state index < -0.39 is 12.1 Å². The fourth-order valence-electron chi connectivity index (χ4n) is 3.41. The fraction of sp³-hybridized carbons (Fsp3) is 0.174. The molecule has 4 rings (SSSR count). The number of hydrogen-bond acceptors (Lipinski definition) is 4. The number of nitrogens with zero attached hydrogens (tertiary/aromatic N) is 1. The minimum absolute atomic E-state index is 0.318. The number of ether oxygens (including phenoxy) is 2. The lowest BCUT2D eigenvalue weighted by atomic mass is 9.89. The lowest BCUT2D eigenvalue weighted by Crippen LogP contribution is -2.59. The second-order valence-electron chi connectivity index (χ2n) is 6.61. The van der Waals surface area contributed by atoms with E-state index in [-0.39, 0.29) is 5.91 Å². The Kier molecular flexibility index (Phi) is 5.00. The summed E-state index contributed by atoms with van der Waals surface area (Å²) < 4.78 is 11.4. The zero-order valence-corrected chi connectivity index (χ0v) is 15.5. The van der Waals surface area contributed by atoms with Crippen molar-refractivity contribution >= 4 is 11.6 Å². The molecular weight excluding hydrogens is 354 g/mol. The standard InChI is InChI=1S/C23H21NO4/c1-27-18-12-13-19(20(14-18)28-15-16-8-4-2-5-9-16)21-22(25)23(26)24(21)17-10-6-3-7-11-17/h2-14,21-22,25H,15H2,1H3/t21-,22+/m1/s1. The number of para-hydroxylation sites is 1. The van der Waals surface area contributed by atoms with Crippen LogP contribution in [0.4, 0.5) is 5.69 Å². The summed E-state index contributed by atoms with van der Waals surface area (Å²) in [4.78, 5) is 14.0. The highest BCUT2D eigenvalue weighted by molar-refractivity contribution is 6.05. The first-order chi connectivity index (χ1) is 13.7. The number of benzene rings is 3. The topological polar surface area (TPSA) is 59.0 Å². The predicted molar refractivity (Wildman–Crippen MR) is 106 cm³/mol. The molecule has 1 fully saturated rings. The Hall–Kier alpha value is -3.31. The molecule has 3 aromatic carbocycles. The SMILES string of the molecule is COc1ccc([C@@H]2[C@H](O)C(=O)N2c2ccccc2)c(OCc2ccccc2)c1. The van der Waals surface area contributed by atoms with E-state index in [1.54, 1.807) is 18.1 Å². The van der Waals surface area contributed by atoms with Crippen molar-refractivity contribution in [2.45, 2.75) is 18.8 Å². The molecular formula is C23H21NO4. The molecule has 0 bridgehead atoms. The summed E-state index contributed by atoms with van der Waals surface area (Å²) in [6, 6.07) is 24.1. The number of carbonyl (C=O) groups is 1. The van der Waals surface area contributed by atoms with Crippen LogP contribution in [-0.4, -0.2) is 24.2 Å². The molecule has 1 N–H and O–H groups in total. The Morgan fingerprint density at radius 2 is 1.64 bits per heavy atom. The molecule has 0 unspecified atom stereocenters. The number of hydrogen-bond donors (Lipinski definition) is 1. The van der Waals surface area contributed by atoms with Gasteiger partial charge in [0.25, 0.3) is 5.91 Å². The Morgan fingerprint density at radius 3 is 2.32 bits per heavy atom. The van der Waals surface area contributed by atoms with Crippen LogP contribution >= 0.6 is 0 Å². The number of aliphatic hydroxyl groups is 1. The molecule has 28 heavy (non-hydrogen) atoms. The molecule has 0 aliphatic carbocycles. The molecule has 1 aliphatic heterocycles. The summed E-state index contributed by atoms with van der Waals surface area (Å²) in [5.74, 6) is 0.917. The number of amides is 1. The molecule has 142 valence electrons. The summed E-state index contributed by atoms with van der Waals surface area (Å²) in [5.41, 5.74) is 2.52. The van der Waals surface area contributed by atoms with Gasteiger partial charge in [-0.25, -0.2) is 0 Å². The second-order valence-corrected chi connectivity index (χ2v) is 6.61. The van der Waals surface area contributed by atoms with Crippen molar-refractivity contribution in [2.24, 2.45) is 0 Å². The van der Waals surface area contributed by atoms with Crippen LogP contribution in [0.15, 0.2) is 78.9 Å². The molecule has 0 saturated carbocycles. The highest BCUT2D eigenvalue weighted by atomic mass is 16.5. The van der Waals surface area contributed by atoms with E-state index in [2.05, 4.69) is 0 Å². The number of carbonyl (C=O) groups excluding carboxylic acids is 1. The van der Waals surface area contributed by atoms with Gasteiger partial charge < -0.3 is 14.6 Å². The van der Waals surface area contributed by atoms with Gasteiger partial charge in [0, 0.05) is 17.3 Å². The second kappa shape index (κ2) is 7.74. The third-order valence-corrected chi connectivity index (χ3v) is 4.88. The van der Waals surface area contributed by atoms with Gasteiger partial charge in [-0.3, -0.25) is 9.69 Å². The average Bonchev–Trinajstić information content (AvgIpc) is 2.76. The molecule has 0 radical (unpaired) electrons. The molecule has 5 nitrogen and oxygen atoms in total. The summed E-state index contributed by atoms with van der Waals surface area (Å²) in [5, 5.41) is 10.4. The van der Waals surface area contributed by atoms with Crippen molar-refractivity contribution < 1.29 is 19.4 Å². The van der Waals surface area contributed by atoms with Crippen LogP contribution in [0.1, 0.15) is 17.2 Å². The van der Waals surface area contributed by atoms with Crippen LogP contribution in [-0.2, 0) is 11.4 Å². The first-order valence-electron chi connectivity index (χ1n) is 9.10. The first-order valence-corrected chi connectivity index (χ1v) is 9.10. The van der Waals surface area contributed by atoms with Gasteiger partial charge in [-0.2, -0.15) is 0 Å². The highest BCUT2D eigenvalue weighted by Gasteiger charge is 2.49. The smallest absolute Gasteiger partial charge is 0.259 e. The zero-order valence-electron chi connectivity index (χ0n) is 15.5. The van der Waals surface area contributed by atoms with Crippen molar-refractivity contribution in [3.63, 3.8) is 0 Å². The Bertz CT molecular complexity index is 959. The van der Waals surface area contributed by atoms with Gasteiger partial charge in [-0.05, 0) is 29.8 Å². The summed E-state index contributed by atoms with van der Waals surface area (Å²) in [6.45, 7) is 0.378. The molecule has 0 spiro atoms. The predicted octanol–water partition coefficient (Wildman–Crippen LogP) is 3.72. The molecule has 2 atom stereocenters. The van der Waals surface area contributed by atoms with Crippen LogP contribution in [0.2, 0.25) is 0 Å². The van der Waals surface area contributed by atoms with Crippen LogP contribution < -0.4 is 14.4 Å². The van der Waals surface area contributed by atoms with Crippen LogP contribution in [0.25, 0.3) is 0 Å². The minimum atomic E-state index is -1.10. The van der Waals surface area contributed by atoms with Crippen LogP contribution in [0.3, 0.4) is 0 Å². The highest BCUT2D eigenvalue weighted by Crippen LogP contribution is 2.43. The average molecular weight is 375 g/mol. The van der Waals surface area contributed by atoms with Gasteiger partial charge >= 0.3 is 0 Å². The van der Waals surface area contributed by atoms with Gasteiger partial charge in [-0.15, -0.1) is 0 Å². The van der Waals surface area contributed by atoms with E-state index in [1.165, 1.54) is 0 Å². The lowest BCUT2D eigenvalue weighted by molar-refractivity contribution is -0.137. The third-order valence-electron chi connectivity index (χ3n) is 4.88. The molecule has 1 heterocycles. The van der Waals surface area contributed by atoms with Crippen molar-refractivity contribution in [2.75, 3.05) is 12.0 Å². The first kappa shape index (κ1) is 18.1. The third kappa shape index (κ3) is 3.32. The largest absolute Gasteiger partial charge is 0.497 e. The molecule has 3 aromatic rings. The van der Waals surface area contributed by atoms with Gasteiger partial charge in [0.15, 0.2) is 6.10 Å². The number of aliphatic hydroxyl groups excluding tert-OH is 1. The van der Waals surface area contributed by atoms with Crippen molar-refractivity contribution in [3.05, 3.63) is 90.0 Å². The minimum Gasteiger partial charge on any atom is -0.497 e. The number of β-lactam (4-membered cyclic amide) rings is 1. The molecule has 1 saturated heterocycles. The Balaban J connectivity index is 1.67. The van der Waals surface area contributed by atoms with Gasteiger partial charge in [-0.1, -0.05) is 48.5 Å². The Labute approximate surface area is 163 Å². The van der Waals surface area contributed by atoms with Crippen molar-refractivity contribution in [1.29, 1.82) is 0 Å². The van der Waals surface area contributed by atoms with Crippen LogP contribution in [0, 0.1) is 0 Å². The van der Waals surface area contributed by atoms with E-state index in [4.69, 9.17) is 9.47 Å². The number of methoxy groups -OCH3 is 1. The van der Waals surface area contributed by atoms with E-state index in [1.807, 2.05) is 72.8 Å². The molecule has 0 aromatic heterocycles. The molecule has 1 amide bonds. The van der Waals surface area contributed by atoms with E-state index in [0.29, 0.717) is 18.1 Å². The van der Waals surface area contributed by atoms with Crippen molar-refractivity contribution in [1.82, 2.24) is 0 Å². The maximum absolute atomic E-state index is 12.4. The Morgan fingerprint density at radius 1 is 0.964 bits per heavy atom. The summed E-state index contributed by atoms with van der Waals surface area (Å²) in [7, 11) is 1.59. The van der Waals surface area contributed by atoms with Gasteiger partial charge in [0.1, 0.15) is 24.1 Å². The number of anilines is 1. The van der Waals surface area contributed by atoms with Crippen LogP contribution in [0.5, 0.6) is 11.5 Å². The maximum Gasteiger partial charge on any atom is 0.259 e. The van der Waals surface area contributed by atoms with E-state index in [9.17, 15) is 9.90 Å². The summed E-state index contributed by atoms with van der Waals surface area (Å²) in [6.07, 6.45) is -1.10. The zero-order chi connectivity index (χ0) is 19.5. The lowest BCUT2D eigenvalue weighted by Gasteiger charge is -2.45. The maximum atomic E-state index is 12.4. The fourth-order valence-corrected chi connectivity index (χ4v) is 3.41. The van der Waals surface area contributed by atoms with E-state index >= 15 is 0 Å². The quantitative estimate of drug-likeness (QED) is 0.667. The van der Waals surface area contributed by atoms with Gasteiger partial charge in [0.2, 0.25) is 0 Å². The van der Waals surface area contributed by atoms with Crippen molar-refractivity contribution in [3.8, 4) is 11.5 Å². The monoisotopic (exact) mass is 375 g/mol. The molecule has 5 heteroatoms. The molecule has 1 aliphatic rings. The summed E-state index contributed by atoms with van der Waals surface area (Å²) >= 11 is 0. The normalized spacial score (nSPS) is 18.5.